The first-order valence-corrected chi connectivity index (χ1v) is 12.8. The Kier molecular flexibility index (Phi) is 6.81. The Morgan fingerprint density at radius 3 is 2.70 bits per heavy atom. The molecule has 0 bridgehead atoms. The standard InChI is InChI=1S/C19H30ClIN3O3/c1-12-16(14(4-6-22-2)26-19(12)25)17-18(27-17)24-9-7-23(8-10-24)13-3-5-21-15(20)11-13/h3,5,13-15,17-19,22,25H,4,6-11H2,1-2H3/q-1/t13-,14?,15+,17+,18+,19?/m1/s1. The van der Waals surface area contributed by atoms with Crippen molar-refractivity contribution in [3.05, 3.63) is 21.3 Å². The summed E-state index contributed by atoms with van der Waals surface area (Å²) in [6.45, 7) is 6.99. The van der Waals surface area contributed by atoms with Gasteiger partial charge in [0.1, 0.15) is 0 Å². The van der Waals surface area contributed by atoms with Gasteiger partial charge < -0.3 is 10.4 Å². The molecule has 4 aliphatic heterocycles. The zero-order valence-corrected chi connectivity index (χ0v) is 18.9. The molecule has 0 aromatic rings. The van der Waals surface area contributed by atoms with Gasteiger partial charge in [-0.15, -0.1) is 0 Å². The number of halogens is 2. The fraction of sp³-hybridized carbons (Fsp3) is 0.789. The quantitative estimate of drug-likeness (QED) is 0.185. The summed E-state index contributed by atoms with van der Waals surface area (Å²) in [5.74, 6) is 0. The van der Waals surface area contributed by atoms with Crippen LogP contribution in [0.25, 0.3) is 0 Å². The van der Waals surface area contributed by atoms with Crippen LogP contribution in [0.4, 0.5) is 0 Å². The first-order valence-electron chi connectivity index (χ1n) is 9.83. The first-order chi connectivity index (χ1) is 13.1. The summed E-state index contributed by atoms with van der Waals surface area (Å²) in [6.07, 6.45) is 3.71. The van der Waals surface area contributed by atoms with E-state index in [0.717, 1.165) is 56.7 Å². The van der Waals surface area contributed by atoms with Crippen LogP contribution in [0.5, 0.6) is 0 Å². The van der Waals surface area contributed by atoms with E-state index in [1.165, 1.54) is 0 Å². The molecule has 4 heterocycles. The summed E-state index contributed by atoms with van der Waals surface area (Å²) in [5.41, 5.74) is 2.10. The Bertz CT molecular complexity index is 597. The van der Waals surface area contributed by atoms with Crippen molar-refractivity contribution in [2.75, 3.05) is 39.8 Å². The predicted molar refractivity (Wildman–Crippen MR) is 101 cm³/mol. The number of nitrogens with one attached hydrogen (secondary N) is 1. The van der Waals surface area contributed by atoms with Crippen molar-refractivity contribution < 1.29 is 35.8 Å². The molecule has 2 saturated heterocycles. The molecule has 6 atom stereocenters. The molecule has 6 nitrogen and oxygen atoms in total. The molecular formula is C19H30ClIN3O3-. The fourth-order valence-corrected chi connectivity index (χ4v) is 6.89. The summed E-state index contributed by atoms with van der Waals surface area (Å²) < 4.78 is 14.5. The van der Waals surface area contributed by atoms with Gasteiger partial charge in [0.05, 0.1) is 0 Å². The first kappa shape index (κ1) is 20.5. The number of rotatable bonds is 6. The molecule has 8 heteroatoms. The van der Waals surface area contributed by atoms with Crippen LogP contribution in [-0.2, 0) is 9.47 Å². The third-order valence-electron chi connectivity index (χ3n) is 6.00. The third kappa shape index (κ3) is 4.55. The molecule has 0 radical (unpaired) electrons. The number of nitrogens with zero attached hydrogens (tertiary/aromatic N) is 2. The molecule has 0 spiro atoms. The summed E-state index contributed by atoms with van der Waals surface area (Å²) in [7, 11) is 1.94. The number of piperazine rings is 1. The molecule has 2 fully saturated rings. The number of hydrogen-bond donors (Lipinski definition) is 2. The topological polar surface area (TPSA) is 60.5 Å². The second kappa shape index (κ2) is 8.95. The maximum absolute atomic E-state index is 10.1. The minimum atomic E-state index is -0.784. The van der Waals surface area contributed by atoms with E-state index in [1.807, 2.05) is 14.0 Å². The van der Waals surface area contributed by atoms with Crippen molar-refractivity contribution in [2.24, 2.45) is 0 Å². The van der Waals surface area contributed by atoms with Gasteiger partial charge in [-0.2, -0.15) is 0 Å². The molecule has 154 valence electrons. The number of aliphatic hydroxyl groups excluding tert-OH is 1. The van der Waals surface area contributed by atoms with Gasteiger partial charge >= 0.3 is 153 Å². The Labute approximate surface area is 177 Å². The van der Waals surface area contributed by atoms with Gasteiger partial charge in [-0.1, -0.05) is 0 Å². The summed E-state index contributed by atoms with van der Waals surface area (Å²) >= 11 is 6.43. The minimum absolute atomic E-state index is 0.0416. The number of hydrogen-bond acceptors (Lipinski definition) is 6. The molecule has 2 unspecified atom stereocenters. The maximum atomic E-state index is 10.1. The van der Waals surface area contributed by atoms with E-state index >= 15 is 0 Å². The van der Waals surface area contributed by atoms with Gasteiger partial charge in [-0.25, -0.2) is 0 Å². The molecule has 27 heavy (non-hydrogen) atoms. The molecule has 0 aromatic carbocycles. The van der Waals surface area contributed by atoms with Crippen molar-refractivity contribution >= 4 is 11.6 Å². The zero-order valence-electron chi connectivity index (χ0n) is 16.0. The van der Waals surface area contributed by atoms with Crippen molar-refractivity contribution in [1.29, 1.82) is 0 Å². The van der Waals surface area contributed by atoms with Gasteiger partial charge in [0.25, 0.3) is 0 Å². The number of alkyl halides is 2. The van der Waals surface area contributed by atoms with Crippen molar-refractivity contribution in [2.45, 2.75) is 53.9 Å². The van der Waals surface area contributed by atoms with E-state index in [4.69, 9.17) is 21.1 Å². The fourth-order valence-electron chi connectivity index (χ4n) is 4.36. The van der Waals surface area contributed by atoms with Crippen LogP contribution in [0.15, 0.2) is 21.3 Å². The van der Waals surface area contributed by atoms with E-state index in [9.17, 15) is 5.11 Å². The molecular weight excluding hydrogens is 481 g/mol. The van der Waals surface area contributed by atoms with E-state index in [2.05, 4.69) is 25.3 Å². The Morgan fingerprint density at radius 2 is 2.00 bits per heavy atom. The average molecular weight is 511 g/mol. The average Bonchev–Trinajstić information content (AvgIpc) is 3.40. The predicted octanol–water partition coefficient (Wildman–Crippen LogP) is -2.09. The SMILES string of the molecule is CNCCC1OC(O)C(C)=C1[C@@H]1O[C@@H]1N1CCN([C@@H]2C=C[I-][C@H](Cl)C2)CC1. The van der Waals surface area contributed by atoms with E-state index in [-0.39, 0.29) is 39.6 Å². The zero-order chi connectivity index (χ0) is 19.0. The van der Waals surface area contributed by atoms with Gasteiger partial charge in [-0.3, -0.25) is 0 Å². The molecule has 4 rings (SSSR count). The van der Waals surface area contributed by atoms with Gasteiger partial charge in [0, 0.05) is 0 Å². The number of epoxide rings is 1. The van der Waals surface area contributed by atoms with Crippen molar-refractivity contribution in [3.8, 4) is 0 Å². The van der Waals surface area contributed by atoms with Crippen LogP contribution in [0.2, 0.25) is 0 Å². The summed E-state index contributed by atoms with van der Waals surface area (Å²) in [6, 6.07) is 0.508. The Morgan fingerprint density at radius 1 is 1.26 bits per heavy atom. The Balaban J connectivity index is 1.32. The molecule has 0 saturated carbocycles. The van der Waals surface area contributed by atoms with Crippen LogP contribution in [0, 0.1) is 0 Å². The van der Waals surface area contributed by atoms with E-state index < -0.39 is 6.29 Å². The van der Waals surface area contributed by atoms with Crippen LogP contribution in [0.3, 0.4) is 0 Å². The number of aliphatic hydroxyl groups is 1. The second-order valence-electron chi connectivity index (χ2n) is 7.67. The third-order valence-corrected chi connectivity index (χ3v) is 8.94. The van der Waals surface area contributed by atoms with Gasteiger partial charge in [-0.05, 0) is 13.6 Å². The molecule has 0 aromatic heterocycles. The van der Waals surface area contributed by atoms with E-state index in [0.29, 0.717) is 9.43 Å². The number of ether oxygens (including phenoxy) is 2. The van der Waals surface area contributed by atoms with Crippen LogP contribution < -0.4 is 26.5 Å². The van der Waals surface area contributed by atoms with Gasteiger partial charge in [0.15, 0.2) is 0 Å². The van der Waals surface area contributed by atoms with E-state index in [1.54, 1.807) is 0 Å². The summed E-state index contributed by atoms with van der Waals surface area (Å²) in [4.78, 5) is 5.00. The molecule has 2 N–H and O–H groups in total. The monoisotopic (exact) mass is 510 g/mol. The van der Waals surface area contributed by atoms with Crippen molar-refractivity contribution in [1.82, 2.24) is 15.1 Å². The van der Waals surface area contributed by atoms with Crippen LogP contribution in [-0.4, -0.2) is 88.8 Å². The summed E-state index contributed by atoms with van der Waals surface area (Å²) in [5, 5.41) is 13.3. The molecule has 4 aliphatic rings. The second-order valence-corrected chi connectivity index (χ2v) is 11.9. The molecule has 0 amide bonds. The normalized spacial score (nSPS) is 41.0. The van der Waals surface area contributed by atoms with Gasteiger partial charge in [0.2, 0.25) is 0 Å². The van der Waals surface area contributed by atoms with Crippen LogP contribution in [0.1, 0.15) is 19.8 Å². The van der Waals surface area contributed by atoms with Crippen LogP contribution >= 0.6 is 11.6 Å². The van der Waals surface area contributed by atoms with Crippen molar-refractivity contribution in [3.63, 3.8) is 0 Å². The molecule has 0 aliphatic carbocycles. The Hall–Kier alpha value is 0.260.